The molecule has 0 bridgehead atoms. The van der Waals surface area contributed by atoms with Gasteiger partial charge in [0.05, 0.1) is 17.2 Å². The summed E-state index contributed by atoms with van der Waals surface area (Å²) in [7, 11) is 0. The van der Waals surface area contributed by atoms with Gasteiger partial charge >= 0.3 is 0 Å². The fourth-order valence-electron chi connectivity index (χ4n) is 3.67. The van der Waals surface area contributed by atoms with Crippen molar-refractivity contribution < 1.29 is 4.79 Å². The maximum atomic E-state index is 12.6. The Morgan fingerprint density at radius 1 is 1.19 bits per heavy atom. The number of amides is 1. The van der Waals surface area contributed by atoms with Crippen LogP contribution in [0.1, 0.15) is 25.7 Å². The van der Waals surface area contributed by atoms with Crippen LogP contribution < -0.4 is 10.9 Å². The number of hydrogen-bond donors (Lipinski definition) is 2. The average molecular weight is 351 g/mol. The second kappa shape index (κ2) is 7.11. The van der Waals surface area contributed by atoms with E-state index in [4.69, 9.17) is 0 Å². The summed E-state index contributed by atoms with van der Waals surface area (Å²) in [5.74, 6) is 0.903. The Morgan fingerprint density at radius 3 is 2.77 bits per heavy atom. The van der Waals surface area contributed by atoms with Crippen LogP contribution in [-0.2, 0) is 11.3 Å². The molecule has 0 spiro atoms. The molecule has 1 aliphatic carbocycles. The van der Waals surface area contributed by atoms with Crippen LogP contribution in [0.4, 0.5) is 5.95 Å². The van der Waals surface area contributed by atoms with Crippen LogP contribution in [0.5, 0.6) is 0 Å². The molecule has 1 aromatic carbocycles. The van der Waals surface area contributed by atoms with Gasteiger partial charge in [-0.2, -0.15) is 0 Å². The van der Waals surface area contributed by atoms with E-state index in [0.717, 1.165) is 31.2 Å². The number of carbonyl (C=O) groups excluding carboxylic acids is 1. The molecule has 0 atom stereocenters. The van der Waals surface area contributed by atoms with E-state index in [1.54, 1.807) is 23.3 Å². The van der Waals surface area contributed by atoms with Gasteiger partial charge in [-0.15, -0.1) is 0 Å². The van der Waals surface area contributed by atoms with Crippen LogP contribution >= 0.6 is 0 Å². The maximum Gasteiger partial charge on any atom is 0.261 e. The molecule has 7 heteroatoms. The monoisotopic (exact) mass is 351 g/mol. The predicted molar refractivity (Wildman–Crippen MR) is 98.7 cm³/mol. The highest BCUT2D eigenvalue weighted by Gasteiger charge is 2.27. The number of nitrogens with zero attached hydrogens (tertiary/aromatic N) is 3. The summed E-state index contributed by atoms with van der Waals surface area (Å²) < 4.78 is 1.70. The SMILES string of the molecule is O=C(Nc1ncc[nH]1)C1CCC(Cn2cnc3ccccc3c2=O)CC1. The molecule has 0 radical (unpaired) electrons. The van der Waals surface area contributed by atoms with Crippen LogP contribution in [0, 0.1) is 11.8 Å². The van der Waals surface area contributed by atoms with E-state index in [1.807, 2.05) is 24.3 Å². The molecule has 1 amide bonds. The average Bonchev–Trinajstić information content (AvgIpc) is 3.18. The summed E-state index contributed by atoms with van der Waals surface area (Å²) in [6.45, 7) is 0.656. The quantitative estimate of drug-likeness (QED) is 0.755. The minimum absolute atomic E-state index is 0.00259. The number of imidazole rings is 1. The number of para-hydroxylation sites is 1. The van der Waals surface area contributed by atoms with Crippen LogP contribution in [0.15, 0.2) is 47.8 Å². The first kappa shape index (κ1) is 16.5. The molecule has 0 unspecified atom stereocenters. The first-order valence-corrected chi connectivity index (χ1v) is 8.95. The number of fused-ring (bicyclic) bond motifs is 1. The summed E-state index contributed by atoms with van der Waals surface area (Å²) in [6.07, 6.45) is 8.44. The highest BCUT2D eigenvalue weighted by atomic mass is 16.2. The zero-order valence-electron chi connectivity index (χ0n) is 14.4. The molecule has 0 saturated heterocycles. The Kier molecular flexibility index (Phi) is 4.51. The second-order valence-electron chi connectivity index (χ2n) is 6.86. The van der Waals surface area contributed by atoms with Crippen LogP contribution in [0.2, 0.25) is 0 Å². The van der Waals surface area contributed by atoms with Gasteiger partial charge in [0.1, 0.15) is 0 Å². The minimum Gasteiger partial charge on any atom is -0.331 e. The van der Waals surface area contributed by atoms with Crippen molar-refractivity contribution in [1.29, 1.82) is 0 Å². The van der Waals surface area contributed by atoms with E-state index in [2.05, 4.69) is 20.3 Å². The molecule has 134 valence electrons. The van der Waals surface area contributed by atoms with Gasteiger partial charge in [0.2, 0.25) is 11.9 Å². The molecule has 4 rings (SSSR count). The molecular weight excluding hydrogens is 330 g/mol. The lowest BCUT2D eigenvalue weighted by Crippen LogP contribution is -2.30. The Morgan fingerprint density at radius 2 is 2.00 bits per heavy atom. The number of anilines is 1. The van der Waals surface area contributed by atoms with Gasteiger partial charge < -0.3 is 4.98 Å². The van der Waals surface area contributed by atoms with Gasteiger partial charge in [-0.1, -0.05) is 12.1 Å². The lowest BCUT2D eigenvalue weighted by atomic mass is 9.81. The van der Waals surface area contributed by atoms with E-state index < -0.39 is 0 Å². The fourth-order valence-corrected chi connectivity index (χ4v) is 3.67. The van der Waals surface area contributed by atoms with E-state index in [-0.39, 0.29) is 17.4 Å². The van der Waals surface area contributed by atoms with Gasteiger partial charge in [-0.3, -0.25) is 19.5 Å². The molecule has 1 aliphatic rings. The van der Waals surface area contributed by atoms with Crippen molar-refractivity contribution in [1.82, 2.24) is 19.5 Å². The van der Waals surface area contributed by atoms with E-state index >= 15 is 0 Å². The molecule has 1 saturated carbocycles. The summed E-state index contributed by atoms with van der Waals surface area (Å²) in [6, 6.07) is 7.41. The van der Waals surface area contributed by atoms with Crippen molar-refractivity contribution in [2.75, 3.05) is 5.32 Å². The molecule has 26 heavy (non-hydrogen) atoms. The minimum atomic E-state index is 0.00259. The van der Waals surface area contributed by atoms with Crippen molar-refractivity contribution in [2.24, 2.45) is 11.8 Å². The highest BCUT2D eigenvalue weighted by Crippen LogP contribution is 2.30. The number of hydrogen-bond acceptors (Lipinski definition) is 4. The van der Waals surface area contributed by atoms with E-state index in [9.17, 15) is 9.59 Å². The fraction of sp³-hybridized carbons (Fsp3) is 0.368. The van der Waals surface area contributed by atoms with Gasteiger partial charge in [0.15, 0.2) is 0 Å². The molecule has 2 N–H and O–H groups in total. The third-order valence-electron chi connectivity index (χ3n) is 5.14. The number of benzene rings is 1. The molecular formula is C19H21N5O2. The predicted octanol–water partition coefficient (Wildman–Crippen LogP) is 2.56. The lowest BCUT2D eigenvalue weighted by molar-refractivity contribution is -0.121. The van der Waals surface area contributed by atoms with Crippen LogP contribution in [0.3, 0.4) is 0 Å². The first-order valence-electron chi connectivity index (χ1n) is 8.95. The van der Waals surface area contributed by atoms with Gasteiger partial charge in [0.25, 0.3) is 5.56 Å². The normalized spacial score (nSPS) is 20.2. The molecule has 2 aromatic heterocycles. The van der Waals surface area contributed by atoms with Crippen LogP contribution in [0.25, 0.3) is 10.9 Å². The van der Waals surface area contributed by atoms with Gasteiger partial charge in [-0.05, 0) is 43.7 Å². The molecule has 7 nitrogen and oxygen atoms in total. The summed E-state index contributed by atoms with van der Waals surface area (Å²) in [4.78, 5) is 36.2. The van der Waals surface area contributed by atoms with Gasteiger partial charge in [-0.25, -0.2) is 9.97 Å². The maximum absolute atomic E-state index is 12.6. The Bertz CT molecular complexity index is 955. The highest BCUT2D eigenvalue weighted by molar-refractivity contribution is 5.90. The topological polar surface area (TPSA) is 92.7 Å². The van der Waals surface area contributed by atoms with E-state index in [1.165, 1.54) is 0 Å². The number of carbonyl (C=O) groups is 1. The van der Waals surface area contributed by atoms with Gasteiger partial charge in [0, 0.05) is 24.9 Å². The molecule has 2 heterocycles. The van der Waals surface area contributed by atoms with E-state index in [0.29, 0.717) is 23.8 Å². The largest absolute Gasteiger partial charge is 0.331 e. The second-order valence-corrected chi connectivity index (χ2v) is 6.86. The number of aromatic amines is 1. The van der Waals surface area contributed by atoms with Crippen molar-refractivity contribution in [3.8, 4) is 0 Å². The number of aromatic nitrogens is 4. The van der Waals surface area contributed by atoms with Crippen molar-refractivity contribution in [3.05, 3.63) is 53.3 Å². The summed E-state index contributed by atoms with van der Waals surface area (Å²) in [5.41, 5.74) is 0.736. The molecule has 1 fully saturated rings. The Hall–Kier alpha value is -2.96. The van der Waals surface area contributed by atoms with Crippen molar-refractivity contribution in [3.63, 3.8) is 0 Å². The van der Waals surface area contributed by atoms with Crippen molar-refractivity contribution >= 4 is 22.8 Å². The number of nitrogens with one attached hydrogen (secondary N) is 2. The zero-order chi connectivity index (χ0) is 17.9. The molecule has 0 aliphatic heterocycles. The standard InChI is InChI=1S/C19H21N5O2/c25-17(23-19-20-9-10-21-19)14-7-5-13(6-8-14)11-24-12-22-16-4-2-1-3-15(16)18(24)26/h1-4,9-10,12-14H,5-8,11H2,(H2,20,21,23,25). The Balaban J connectivity index is 1.37. The first-order chi connectivity index (χ1) is 12.7. The molecule has 3 aromatic rings. The third kappa shape index (κ3) is 3.37. The van der Waals surface area contributed by atoms with Crippen molar-refractivity contribution in [2.45, 2.75) is 32.2 Å². The summed E-state index contributed by atoms with van der Waals surface area (Å²) >= 11 is 0. The number of rotatable bonds is 4. The number of H-pyrrole nitrogens is 1. The lowest BCUT2D eigenvalue weighted by Gasteiger charge is -2.27. The Labute approximate surface area is 150 Å². The summed E-state index contributed by atoms with van der Waals surface area (Å²) in [5, 5.41) is 3.47. The van der Waals surface area contributed by atoms with Crippen LogP contribution in [-0.4, -0.2) is 25.4 Å². The third-order valence-corrected chi connectivity index (χ3v) is 5.14. The zero-order valence-corrected chi connectivity index (χ0v) is 14.4. The smallest absolute Gasteiger partial charge is 0.261 e.